The average molecular weight is 584 g/mol. The number of aromatic amines is 1. The van der Waals surface area contributed by atoms with Gasteiger partial charge in [-0.15, -0.1) is 0 Å². The highest BCUT2D eigenvalue weighted by Gasteiger charge is 2.26. The zero-order chi connectivity index (χ0) is 29.5. The molecule has 5 heterocycles. The maximum absolute atomic E-state index is 12.8. The van der Waals surface area contributed by atoms with Crippen LogP contribution in [0.3, 0.4) is 0 Å². The van der Waals surface area contributed by atoms with E-state index in [1.807, 2.05) is 38.4 Å². The molecule has 0 aliphatic carbocycles. The van der Waals surface area contributed by atoms with E-state index >= 15 is 0 Å². The van der Waals surface area contributed by atoms with E-state index in [0.29, 0.717) is 59.2 Å². The molecule has 0 bridgehead atoms. The van der Waals surface area contributed by atoms with Gasteiger partial charge in [0, 0.05) is 50.2 Å². The number of carbonyl (C=O) groups excluding carboxylic acids is 1. The smallest absolute Gasteiger partial charge is 0.251 e. The summed E-state index contributed by atoms with van der Waals surface area (Å²) in [4.78, 5) is 32.3. The zero-order valence-corrected chi connectivity index (χ0v) is 24.3. The highest BCUT2D eigenvalue weighted by molar-refractivity contribution is 5.99. The first-order valence-electron chi connectivity index (χ1n) is 14.4. The van der Waals surface area contributed by atoms with Gasteiger partial charge in [0.2, 0.25) is 11.8 Å². The van der Waals surface area contributed by atoms with Gasteiger partial charge in [-0.05, 0) is 42.9 Å². The van der Waals surface area contributed by atoms with Crippen LogP contribution in [0.15, 0.2) is 47.0 Å². The number of likely N-dealkylation sites (N-methyl/N-ethyl adjacent to an activating group) is 1. The predicted molar refractivity (Wildman–Crippen MR) is 161 cm³/mol. The highest BCUT2D eigenvalue weighted by atomic mass is 16.5. The van der Waals surface area contributed by atoms with E-state index in [4.69, 9.17) is 28.6 Å². The zero-order valence-electron chi connectivity index (χ0n) is 24.3. The molecular weight excluding hydrogens is 550 g/mol. The summed E-state index contributed by atoms with van der Waals surface area (Å²) in [5, 5.41) is 7.10. The van der Waals surface area contributed by atoms with Crippen LogP contribution in [0.4, 0.5) is 11.6 Å². The highest BCUT2D eigenvalue weighted by Crippen LogP contribution is 2.38. The van der Waals surface area contributed by atoms with Gasteiger partial charge in [-0.25, -0.2) is 4.98 Å². The van der Waals surface area contributed by atoms with Gasteiger partial charge in [0.15, 0.2) is 11.5 Å². The lowest BCUT2D eigenvalue weighted by atomic mass is 10.1. The third-order valence-electron chi connectivity index (χ3n) is 7.86. The number of amides is 1. The molecule has 1 amide bonds. The minimum Gasteiger partial charge on any atom is -0.495 e. The van der Waals surface area contributed by atoms with Crippen molar-refractivity contribution in [3.63, 3.8) is 0 Å². The molecule has 43 heavy (non-hydrogen) atoms. The topological polar surface area (TPSA) is 140 Å². The van der Waals surface area contributed by atoms with E-state index in [9.17, 15) is 4.79 Å². The van der Waals surface area contributed by atoms with Crippen molar-refractivity contribution >= 4 is 39.7 Å². The standard InChI is InChI=1S/C31H33N7O5/c1-17-33-24-6-4-18(12-26(24)42-17)22-14-32-28-27(22)30(43-21-8-10-41-11-9-21)37-31(36-28)35-23-7-5-19(13-25(23)40-3)29(39)34-20-15-38(2)16-20/h4-7,12-14,20-21H,8-11,15-16H2,1-3H3,(H,34,39)(H2,32,35,36,37). The summed E-state index contributed by atoms with van der Waals surface area (Å²) in [6.07, 6.45) is 3.40. The number of methoxy groups -OCH3 is 1. The second kappa shape index (κ2) is 11.2. The summed E-state index contributed by atoms with van der Waals surface area (Å²) in [7, 11) is 3.59. The first-order valence-corrected chi connectivity index (χ1v) is 14.4. The number of H-pyrrole nitrogens is 1. The summed E-state index contributed by atoms with van der Waals surface area (Å²) in [6, 6.07) is 11.3. The molecule has 3 aromatic heterocycles. The lowest BCUT2D eigenvalue weighted by Gasteiger charge is -2.36. The molecule has 12 heteroatoms. The fourth-order valence-corrected chi connectivity index (χ4v) is 5.64. The summed E-state index contributed by atoms with van der Waals surface area (Å²) in [6.45, 7) is 4.80. The number of oxazole rings is 1. The number of aryl methyl sites for hydroxylation is 1. The van der Waals surface area contributed by atoms with Crippen LogP contribution in [0.1, 0.15) is 29.1 Å². The second-order valence-electron chi connectivity index (χ2n) is 11.1. The number of benzene rings is 2. The van der Waals surface area contributed by atoms with Gasteiger partial charge in [0.05, 0.1) is 37.4 Å². The molecule has 2 aliphatic heterocycles. The SMILES string of the molecule is COc1cc(C(=O)NC2CN(C)C2)ccc1Nc1nc(OC2CCOCC2)c2c(-c3ccc4nc(C)oc4c3)c[nH]c2n1. The monoisotopic (exact) mass is 583 g/mol. The summed E-state index contributed by atoms with van der Waals surface area (Å²) < 4.78 is 23.5. The molecule has 0 atom stereocenters. The Hall–Kier alpha value is -4.68. The molecule has 12 nitrogen and oxygen atoms in total. The van der Waals surface area contributed by atoms with Crippen LogP contribution in [0.5, 0.6) is 11.6 Å². The Balaban J connectivity index is 1.22. The number of aromatic nitrogens is 4. The number of rotatable bonds is 8. The first-order chi connectivity index (χ1) is 20.9. The molecule has 2 aromatic carbocycles. The van der Waals surface area contributed by atoms with Crippen LogP contribution in [0.25, 0.3) is 33.3 Å². The van der Waals surface area contributed by atoms with E-state index in [-0.39, 0.29) is 18.1 Å². The molecule has 5 aromatic rings. The Morgan fingerprint density at radius 2 is 1.93 bits per heavy atom. The molecule has 0 radical (unpaired) electrons. The van der Waals surface area contributed by atoms with Crippen LogP contribution in [-0.4, -0.2) is 83.3 Å². The Morgan fingerprint density at radius 1 is 1.09 bits per heavy atom. The molecule has 222 valence electrons. The number of hydrogen-bond donors (Lipinski definition) is 3. The third kappa shape index (κ3) is 5.46. The van der Waals surface area contributed by atoms with Crippen LogP contribution in [0.2, 0.25) is 0 Å². The number of nitrogens with zero attached hydrogens (tertiary/aromatic N) is 4. The second-order valence-corrected chi connectivity index (χ2v) is 11.1. The minimum absolute atomic E-state index is 0.0374. The molecule has 2 aliphatic rings. The Bertz CT molecular complexity index is 1800. The van der Waals surface area contributed by atoms with Crippen molar-refractivity contribution in [1.29, 1.82) is 0 Å². The number of hydrogen-bond acceptors (Lipinski definition) is 10. The fourth-order valence-electron chi connectivity index (χ4n) is 5.64. The van der Waals surface area contributed by atoms with Gasteiger partial charge in [0.25, 0.3) is 5.91 Å². The minimum atomic E-state index is -0.134. The van der Waals surface area contributed by atoms with Crippen LogP contribution >= 0.6 is 0 Å². The normalized spacial score (nSPS) is 16.3. The molecule has 0 saturated carbocycles. The summed E-state index contributed by atoms with van der Waals surface area (Å²) >= 11 is 0. The van der Waals surface area contributed by atoms with E-state index < -0.39 is 0 Å². The van der Waals surface area contributed by atoms with Crippen molar-refractivity contribution in [3.05, 3.63) is 54.0 Å². The lowest BCUT2D eigenvalue weighted by molar-refractivity contribution is 0.0244. The molecule has 7 rings (SSSR count). The Labute approximate surface area is 247 Å². The molecule has 3 N–H and O–H groups in total. The Morgan fingerprint density at radius 3 is 2.72 bits per heavy atom. The largest absolute Gasteiger partial charge is 0.495 e. The van der Waals surface area contributed by atoms with Crippen molar-refractivity contribution in [2.75, 3.05) is 45.8 Å². The number of nitrogens with one attached hydrogen (secondary N) is 3. The van der Waals surface area contributed by atoms with E-state index in [1.54, 1.807) is 25.3 Å². The van der Waals surface area contributed by atoms with Gasteiger partial charge in [-0.3, -0.25) is 4.79 Å². The number of ether oxygens (including phenoxy) is 3. The van der Waals surface area contributed by atoms with Crippen molar-refractivity contribution in [2.45, 2.75) is 31.9 Å². The summed E-state index contributed by atoms with van der Waals surface area (Å²) in [5.74, 6) is 1.77. The maximum Gasteiger partial charge on any atom is 0.251 e. The van der Waals surface area contributed by atoms with Gasteiger partial charge < -0.3 is 39.1 Å². The molecule has 2 saturated heterocycles. The maximum atomic E-state index is 12.8. The average Bonchev–Trinajstić information content (AvgIpc) is 3.59. The van der Waals surface area contributed by atoms with Crippen LogP contribution in [-0.2, 0) is 4.74 Å². The summed E-state index contributed by atoms with van der Waals surface area (Å²) in [5.41, 5.74) is 5.09. The Kier molecular flexibility index (Phi) is 7.07. The molecule has 0 unspecified atom stereocenters. The number of fused-ring (bicyclic) bond motifs is 2. The van der Waals surface area contributed by atoms with Crippen LogP contribution < -0.4 is 20.1 Å². The predicted octanol–water partition coefficient (Wildman–Crippen LogP) is 4.43. The van der Waals surface area contributed by atoms with Crippen molar-refractivity contribution in [2.24, 2.45) is 0 Å². The van der Waals surface area contributed by atoms with Crippen LogP contribution in [0, 0.1) is 6.92 Å². The van der Waals surface area contributed by atoms with Crippen molar-refractivity contribution in [3.8, 4) is 22.8 Å². The quantitative estimate of drug-likeness (QED) is 0.240. The van der Waals surface area contributed by atoms with E-state index in [1.165, 1.54) is 0 Å². The number of likely N-dealkylation sites (tertiary alicyclic amines) is 1. The fraction of sp³-hybridized carbons (Fsp3) is 0.355. The van der Waals surface area contributed by atoms with Gasteiger partial charge >= 0.3 is 0 Å². The molecule has 2 fully saturated rings. The number of anilines is 2. The third-order valence-corrected chi connectivity index (χ3v) is 7.86. The van der Waals surface area contributed by atoms with Gasteiger partial charge in [-0.1, -0.05) is 6.07 Å². The molecule has 0 spiro atoms. The first kappa shape index (κ1) is 27.2. The number of carbonyl (C=O) groups is 1. The van der Waals surface area contributed by atoms with E-state index in [2.05, 4.69) is 25.5 Å². The van der Waals surface area contributed by atoms with E-state index in [0.717, 1.165) is 48.0 Å². The van der Waals surface area contributed by atoms with Gasteiger partial charge in [0.1, 0.15) is 23.0 Å². The lowest BCUT2D eigenvalue weighted by Crippen LogP contribution is -2.57. The van der Waals surface area contributed by atoms with Crippen molar-refractivity contribution < 1.29 is 23.4 Å². The molecular formula is C31H33N7O5. The van der Waals surface area contributed by atoms with Crippen molar-refractivity contribution in [1.82, 2.24) is 30.2 Å². The van der Waals surface area contributed by atoms with Gasteiger partial charge in [-0.2, -0.15) is 9.97 Å².